The quantitative estimate of drug-likeness (QED) is 0.649. The Balaban J connectivity index is 2.14. The number of nitrogens with one attached hydrogen (secondary N) is 1. The van der Waals surface area contributed by atoms with E-state index in [9.17, 15) is 9.90 Å². The second-order valence-electron chi connectivity index (χ2n) is 5.03. The minimum absolute atomic E-state index is 0.00147. The molecule has 2 atom stereocenters. The summed E-state index contributed by atoms with van der Waals surface area (Å²) in [6.45, 7) is 3.85. The van der Waals surface area contributed by atoms with E-state index in [4.69, 9.17) is 5.73 Å². The van der Waals surface area contributed by atoms with Crippen LogP contribution in [0.4, 0.5) is 0 Å². The lowest BCUT2D eigenvalue weighted by atomic mass is 10.1. The molecule has 1 aromatic rings. The maximum Gasteiger partial charge on any atom is 0.344 e. The van der Waals surface area contributed by atoms with Crippen LogP contribution in [0, 0.1) is 5.92 Å². The van der Waals surface area contributed by atoms with E-state index in [-0.39, 0.29) is 29.6 Å². The van der Waals surface area contributed by atoms with Crippen molar-refractivity contribution >= 4 is 11.8 Å². The minimum Gasteiger partial charge on any atom is -0.395 e. The Hall–Kier alpha value is -0.790. The fourth-order valence-electron chi connectivity index (χ4n) is 1.99. The van der Waals surface area contributed by atoms with Crippen molar-refractivity contribution < 1.29 is 5.11 Å². The van der Waals surface area contributed by atoms with Crippen LogP contribution in [0.2, 0.25) is 0 Å². The standard InChI is InChI=1S/C11H20N4O2S/c1-6(2)15-10(17)13-14-11(15)18-8(5-16)9(12)7-3-4-7/h6-9,16H,3-5,12H2,1-2H3,(H,13,17). The second-order valence-corrected chi connectivity index (χ2v) is 6.24. The molecule has 1 aliphatic carbocycles. The molecule has 0 aromatic carbocycles. The lowest BCUT2D eigenvalue weighted by Crippen LogP contribution is -2.37. The van der Waals surface area contributed by atoms with Crippen LogP contribution in [-0.4, -0.2) is 37.8 Å². The number of nitrogens with zero attached hydrogens (tertiary/aromatic N) is 2. The van der Waals surface area contributed by atoms with Crippen molar-refractivity contribution in [2.45, 2.75) is 49.2 Å². The van der Waals surface area contributed by atoms with E-state index < -0.39 is 0 Å². The molecule has 1 fully saturated rings. The Morgan fingerprint density at radius 1 is 1.61 bits per heavy atom. The van der Waals surface area contributed by atoms with Crippen molar-refractivity contribution in [2.75, 3.05) is 6.61 Å². The molecular formula is C11H20N4O2S. The summed E-state index contributed by atoms with van der Waals surface area (Å²) in [5.74, 6) is 0.507. The van der Waals surface area contributed by atoms with Gasteiger partial charge in [-0.3, -0.25) is 4.57 Å². The topological polar surface area (TPSA) is 96.9 Å². The molecule has 7 heteroatoms. The van der Waals surface area contributed by atoms with Crippen LogP contribution in [0.5, 0.6) is 0 Å². The molecule has 6 nitrogen and oxygen atoms in total. The first kappa shape index (κ1) is 13.6. The Labute approximate surface area is 110 Å². The Morgan fingerprint density at radius 3 is 2.78 bits per heavy atom. The van der Waals surface area contributed by atoms with Gasteiger partial charge in [-0.1, -0.05) is 11.8 Å². The van der Waals surface area contributed by atoms with Gasteiger partial charge in [-0.2, -0.15) is 0 Å². The summed E-state index contributed by atoms with van der Waals surface area (Å²) < 4.78 is 1.59. The molecule has 0 spiro atoms. The van der Waals surface area contributed by atoms with E-state index >= 15 is 0 Å². The number of aromatic amines is 1. The number of hydrogen-bond donors (Lipinski definition) is 3. The molecule has 0 aliphatic heterocycles. The zero-order valence-electron chi connectivity index (χ0n) is 10.7. The number of hydrogen-bond acceptors (Lipinski definition) is 5. The van der Waals surface area contributed by atoms with Gasteiger partial charge >= 0.3 is 5.69 Å². The first-order valence-electron chi connectivity index (χ1n) is 6.24. The number of rotatable bonds is 6. The predicted octanol–water partition coefficient (Wildman–Crippen LogP) is 0.343. The number of H-pyrrole nitrogens is 1. The van der Waals surface area contributed by atoms with Crippen molar-refractivity contribution in [1.82, 2.24) is 14.8 Å². The van der Waals surface area contributed by atoms with Crippen LogP contribution in [-0.2, 0) is 0 Å². The van der Waals surface area contributed by atoms with Gasteiger partial charge in [0.25, 0.3) is 0 Å². The number of aromatic nitrogens is 3. The fraction of sp³-hybridized carbons (Fsp3) is 0.818. The SMILES string of the molecule is CC(C)n1c(SC(CO)C(N)C2CC2)n[nH]c1=O. The molecule has 102 valence electrons. The van der Waals surface area contributed by atoms with Crippen LogP contribution in [0.25, 0.3) is 0 Å². The van der Waals surface area contributed by atoms with E-state index in [0.29, 0.717) is 11.1 Å². The number of aliphatic hydroxyl groups excluding tert-OH is 1. The van der Waals surface area contributed by atoms with Crippen LogP contribution in [0.3, 0.4) is 0 Å². The summed E-state index contributed by atoms with van der Waals surface area (Å²) in [4.78, 5) is 11.6. The molecule has 1 aliphatic rings. The highest BCUT2D eigenvalue weighted by Crippen LogP contribution is 2.37. The van der Waals surface area contributed by atoms with Crippen molar-refractivity contribution in [1.29, 1.82) is 0 Å². The third-order valence-electron chi connectivity index (χ3n) is 3.22. The normalized spacial score (nSPS) is 19.2. The molecule has 18 heavy (non-hydrogen) atoms. The summed E-state index contributed by atoms with van der Waals surface area (Å²) in [7, 11) is 0. The first-order chi connectivity index (χ1) is 8.54. The van der Waals surface area contributed by atoms with E-state index in [1.807, 2.05) is 13.8 Å². The maximum absolute atomic E-state index is 11.6. The summed E-state index contributed by atoms with van der Waals surface area (Å²) in [5.41, 5.74) is 5.89. The lowest BCUT2D eigenvalue weighted by Gasteiger charge is -2.21. The van der Waals surface area contributed by atoms with Gasteiger partial charge in [0.05, 0.1) is 11.9 Å². The highest BCUT2D eigenvalue weighted by Gasteiger charge is 2.35. The zero-order valence-corrected chi connectivity index (χ0v) is 11.5. The largest absolute Gasteiger partial charge is 0.395 e. The van der Waals surface area contributed by atoms with Gasteiger partial charge in [-0.25, -0.2) is 9.89 Å². The molecule has 0 bridgehead atoms. The Kier molecular flexibility index (Phi) is 4.14. The number of thioether (sulfide) groups is 1. The molecule has 1 saturated carbocycles. The van der Waals surface area contributed by atoms with Gasteiger partial charge in [0.1, 0.15) is 0 Å². The van der Waals surface area contributed by atoms with Crippen LogP contribution >= 0.6 is 11.8 Å². The van der Waals surface area contributed by atoms with Crippen molar-refractivity contribution in [3.8, 4) is 0 Å². The maximum atomic E-state index is 11.6. The second kappa shape index (κ2) is 5.46. The molecule has 1 aromatic heterocycles. The van der Waals surface area contributed by atoms with E-state index in [2.05, 4.69) is 10.2 Å². The number of aliphatic hydroxyl groups is 1. The summed E-state index contributed by atoms with van der Waals surface area (Å²) in [5, 5.41) is 16.4. The van der Waals surface area contributed by atoms with Crippen LogP contribution in [0.15, 0.2) is 9.95 Å². The average molecular weight is 272 g/mol. The smallest absolute Gasteiger partial charge is 0.344 e. The zero-order chi connectivity index (χ0) is 13.3. The van der Waals surface area contributed by atoms with Gasteiger partial charge in [0.2, 0.25) is 0 Å². The molecule has 0 amide bonds. The molecule has 0 saturated heterocycles. The Morgan fingerprint density at radius 2 is 2.28 bits per heavy atom. The predicted molar refractivity (Wildman–Crippen MR) is 70.7 cm³/mol. The third-order valence-corrected chi connectivity index (χ3v) is 4.49. The van der Waals surface area contributed by atoms with Gasteiger partial charge in [-0.15, -0.1) is 5.10 Å². The summed E-state index contributed by atoms with van der Waals surface area (Å²) >= 11 is 1.39. The fourth-order valence-corrected chi connectivity index (χ4v) is 3.22. The lowest BCUT2D eigenvalue weighted by molar-refractivity contribution is 0.276. The third kappa shape index (κ3) is 2.78. The highest BCUT2D eigenvalue weighted by molar-refractivity contribution is 7.99. The molecule has 2 unspecified atom stereocenters. The van der Waals surface area contributed by atoms with E-state index in [0.717, 1.165) is 12.8 Å². The molecule has 1 heterocycles. The van der Waals surface area contributed by atoms with Crippen molar-refractivity contribution in [2.24, 2.45) is 11.7 Å². The number of nitrogens with two attached hydrogens (primary N) is 1. The highest BCUT2D eigenvalue weighted by atomic mass is 32.2. The van der Waals surface area contributed by atoms with Crippen LogP contribution in [0.1, 0.15) is 32.7 Å². The minimum atomic E-state index is -0.218. The average Bonchev–Trinajstić information content (AvgIpc) is 3.10. The molecule has 0 radical (unpaired) electrons. The summed E-state index contributed by atoms with van der Waals surface area (Å²) in [6.07, 6.45) is 2.27. The van der Waals surface area contributed by atoms with E-state index in [1.54, 1.807) is 4.57 Å². The molecule has 2 rings (SSSR count). The van der Waals surface area contributed by atoms with Gasteiger partial charge in [-0.05, 0) is 32.6 Å². The van der Waals surface area contributed by atoms with Crippen molar-refractivity contribution in [3.05, 3.63) is 10.5 Å². The van der Waals surface area contributed by atoms with Gasteiger partial charge < -0.3 is 10.8 Å². The Bertz CT molecular complexity index is 452. The first-order valence-corrected chi connectivity index (χ1v) is 7.12. The van der Waals surface area contributed by atoms with Gasteiger partial charge in [0.15, 0.2) is 5.16 Å². The molecular weight excluding hydrogens is 252 g/mol. The van der Waals surface area contributed by atoms with Crippen molar-refractivity contribution in [3.63, 3.8) is 0 Å². The van der Waals surface area contributed by atoms with Gasteiger partial charge in [0, 0.05) is 12.1 Å². The summed E-state index contributed by atoms with van der Waals surface area (Å²) in [6, 6.07) is 0.00246. The molecule has 4 N–H and O–H groups in total. The van der Waals surface area contributed by atoms with Crippen LogP contribution < -0.4 is 11.4 Å². The monoisotopic (exact) mass is 272 g/mol. The van der Waals surface area contributed by atoms with E-state index in [1.165, 1.54) is 11.8 Å².